The number of aliphatic hydroxyl groups is 1. The molecule has 1 aromatic rings. The SMILES string of the molecule is C#CC(C)(C)Oc1cc([C@@H](O)[C@H]2OC2(C)C)ccc1[N+](=O)[O-]. The van der Waals surface area contributed by atoms with Gasteiger partial charge >= 0.3 is 5.69 Å². The number of nitro benzene ring substituents is 1. The molecule has 118 valence electrons. The van der Waals surface area contributed by atoms with Crippen molar-refractivity contribution in [1.82, 2.24) is 0 Å². The molecule has 6 nitrogen and oxygen atoms in total. The summed E-state index contributed by atoms with van der Waals surface area (Å²) in [6, 6.07) is 4.24. The van der Waals surface area contributed by atoms with E-state index in [1.807, 2.05) is 13.8 Å². The molecular weight excluding hydrogens is 286 g/mol. The first-order valence-corrected chi connectivity index (χ1v) is 6.88. The van der Waals surface area contributed by atoms with Crippen LogP contribution in [0.2, 0.25) is 0 Å². The van der Waals surface area contributed by atoms with Crippen molar-refractivity contribution >= 4 is 5.69 Å². The molecule has 1 saturated heterocycles. The molecule has 0 aliphatic carbocycles. The minimum absolute atomic E-state index is 0.0305. The second-order valence-electron chi connectivity index (χ2n) is 6.33. The number of aliphatic hydroxyl groups excluding tert-OH is 1. The highest BCUT2D eigenvalue weighted by Crippen LogP contribution is 2.44. The van der Waals surface area contributed by atoms with Gasteiger partial charge in [-0.1, -0.05) is 5.92 Å². The van der Waals surface area contributed by atoms with Gasteiger partial charge < -0.3 is 14.6 Å². The average Bonchev–Trinajstić information content (AvgIpc) is 3.06. The first-order chi connectivity index (χ1) is 10.1. The van der Waals surface area contributed by atoms with E-state index in [0.29, 0.717) is 5.56 Å². The van der Waals surface area contributed by atoms with Crippen LogP contribution in [0.15, 0.2) is 18.2 Å². The fourth-order valence-corrected chi connectivity index (χ4v) is 2.16. The van der Waals surface area contributed by atoms with Crippen LogP contribution in [0.25, 0.3) is 0 Å². The van der Waals surface area contributed by atoms with Crippen LogP contribution in [0, 0.1) is 22.5 Å². The Morgan fingerprint density at radius 2 is 2.14 bits per heavy atom. The van der Waals surface area contributed by atoms with Gasteiger partial charge in [0.15, 0.2) is 11.4 Å². The molecule has 0 unspecified atom stereocenters. The van der Waals surface area contributed by atoms with E-state index in [-0.39, 0.29) is 17.5 Å². The lowest BCUT2D eigenvalue weighted by Gasteiger charge is -2.21. The number of ether oxygens (including phenoxy) is 2. The minimum Gasteiger partial charge on any atom is -0.468 e. The second-order valence-corrected chi connectivity index (χ2v) is 6.33. The maximum absolute atomic E-state index is 11.1. The summed E-state index contributed by atoms with van der Waals surface area (Å²) in [7, 11) is 0. The van der Waals surface area contributed by atoms with Crippen LogP contribution in [0.1, 0.15) is 39.4 Å². The lowest BCUT2D eigenvalue weighted by atomic mass is 9.99. The van der Waals surface area contributed by atoms with E-state index in [1.165, 1.54) is 18.2 Å². The number of hydrogen-bond donors (Lipinski definition) is 1. The van der Waals surface area contributed by atoms with Crippen LogP contribution in [0.5, 0.6) is 5.75 Å². The fourth-order valence-electron chi connectivity index (χ4n) is 2.16. The number of epoxide rings is 1. The zero-order valence-electron chi connectivity index (χ0n) is 13.0. The monoisotopic (exact) mass is 305 g/mol. The van der Waals surface area contributed by atoms with E-state index in [4.69, 9.17) is 15.9 Å². The van der Waals surface area contributed by atoms with Crippen molar-refractivity contribution in [3.8, 4) is 18.1 Å². The van der Waals surface area contributed by atoms with Crippen LogP contribution in [0.3, 0.4) is 0 Å². The Hall–Kier alpha value is -2.10. The smallest absolute Gasteiger partial charge is 0.311 e. The van der Waals surface area contributed by atoms with Gasteiger partial charge in [-0.05, 0) is 45.4 Å². The van der Waals surface area contributed by atoms with E-state index >= 15 is 0 Å². The van der Waals surface area contributed by atoms with Gasteiger partial charge in [-0.3, -0.25) is 10.1 Å². The Labute approximate surface area is 129 Å². The maximum atomic E-state index is 11.1. The molecular formula is C16H19NO5. The van der Waals surface area contributed by atoms with Crippen molar-refractivity contribution in [2.24, 2.45) is 0 Å². The molecule has 1 aliphatic heterocycles. The van der Waals surface area contributed by atoms with Crippen molar-refractivity contribution in [2.45, 2.75) is 51.1 Å². The molecule has 0 spiro atoms. The highest BCUT2D eigenvalue weighted by atomic mass is 16.6. The lowest BCUT2D eigenvalue weighted by molar-refractivity contribution is -0.386. The predicted octanol–water partition coefficient (Wildman–Crippen LogP) is 2.60. The third-order valence-corrected chi connectivity index (χ3v) is 3.58. The van der Waals surface area contributed by atoms with Crippen LogP contribution < -0.4 is 4.74 Å². The molecule has 0 aromatic heterocycles. The third-order valence-electron chi connectivity index (χ3n) is 3.58. The van der Waals surface area contributed by atoms with Crippen LogP contribution in [0.4, 0.5) is 5.69 Å². The van der Waals surface area contributed by atoms with Crippen molar-refractivity contribution in [1.29, 1.82) is 0 Å². The number of rotatable bonds is 5. The maximum Gasteiger partial charge on any atom is 0.311 e. The zero-order valence-corrected chi connectivity index (χ0v) is 13.0. The quantitative estimate of drug-likeness (QED) is 0.391. The molecule has 6 heteroatoms. The molecule has 1 fully saturated rings. The van der Waals surface area contributed by atoms with Gasteiger partial charge in [0.2, 0.25) is 0 Å². The number of terminal acetylenes is 1. The zero-order chi connectivity index (χ0) is 16.7. The highest BCUT2D eigenvalue weighted by molar-refractivity contribution is 5.50. The first-order valence-electron chi connectivity index (χ1n) is 6.88. The summed E-state index contributed by atoms with van der Waals surface area (Å²) in [5.41, 5.74) is -1.11. The number of nitrogens with zero attached hydrogens (tertiary/aromatic N) is 1. The third kappa shape index (κ3) is 3.21. The number of nitro groups is 1. The highest BCUT2D eigenvalue weighted by Gasteiger charge is 2.52. The van der Waals surface area contributed by atoms with Gasteiger partial charge in [-0.2, -0.15) is 0 Å². The van der Waals surface area contributed by atoms with Crippen molar-refractivity contribution in [3.05, 3.63) is 33.9 Å². The molecule has 0 radical (unpaired) electrons. The van der Waals surface area contributed by atoms with Gasteiger partial charge in [0, 0.05) is 6.07 Å². The summed E-state index contributed by atoms with van der Waals surface area (Å²) >= 11 is 0. The molecule has 22 heavy (non-hydrogen) atoms. The second kappa shape index (κ2) is 5.27. The summed E-state index contributed by atoms with van der Waals surface area (Å²) in [4.78, 5) is 10.6. The number of benzene rings is 1. The van der Waals surface area contributed by atoms with Crippen molar-refractivity contribution in [3.63, 3.8) is 0 Å². The molecule has 1 N–H and O–H groups in total. The van der Waals surface area contributed by atoms with Crippen LogP contribution in [-0.4, -0.2) is 27.3 Å². The van der Waals surface area contributed by atoms with Gasteiger partial charge in [0.05, 0.1) is 10.5 Å². The van der Waals surface area contributed by atoms with Gasteiger partial charge in [0.1, 0.15) is 12.2 Å². The summed E-state index contributed by atoms with van der Waals surface area (Å²) in [5.74, 6) is 2.45. The molecule has 0 amide bonds. The molecule has 1 heterocycles. The Balaban J connectivity index is 2.35. The lowest BCUT2D eigenvalue weighted by Crippen LogP contribution is -2.26. The normalized spacial score (nSPS) is 20.8. The largest absolute Gasteiger partial charge is 0.468 e. The summed E-state index contributed by atoms with van der Waals surface area (Å²) in [6.45, 7) is 7.00. The molecule has 1 aromatic carbocycles. The van der Waals surface area contributed by atoms with E-state index in [2.05, 4.69) is 5.92 Å². The molecule has 2 rings (SSSR count). The Morgan fingerprint density at radius 3 is 2.59 bits per heavy atom. The van der Waals surface area contributed by atoms with E-state index in [1.54, 1.807) is 13.8 Å². The Morgan fingerprint density at radius 1 is 1.55 bits per heavy atom. The molecule has 1 aliphatic rings. The fraction of sp³-hybridized carbons (Fsp3) is 0.500. The van der Waals surface area contributed by atoms with Crippen molar-refractivity contribution < 1.29 is 19.5 Å². The van der Waals surface area contributed by atoms with E-state index in [0.717, 1.165) is 0 Å². The average molecular weight is 305 g/mol. The van der Waals surface area contributed by atoms with E-state index in [9.17, 15) is 15.2 Å². The van der Waals surface area contributed by atoms with E-state index < -0.39 is 22.2 Å². The predicted molar refractivity (Wildman–Crippen MR) is 80.5 cm³/mol. The topological polar surface area (TPSA) is 85.1 Å². The molecule has 2 atom stereocenters. The Bertz CT molecular complexity index is 644. The number of hydrogen-bond acceptors (Lipinski definition) is 5. The van der Waals surface area contributed by atoms with Crippen molar-refractivity contribution in [2.75, 3.05) is 0 Å². The van der Waals surface area contributed by atoms with Crippen LogP contribution >= 0.6 is 0 Å². The van der Waals surface area contributed by atoms with Gasteiger partial charge in [0.25, 0.3) is 0 Å². The summed E-state index contributed by atoms with van der Waals surface area (Å²) in [6.07, 6.45) is 4.13. The van der Waals surface area contributed by atoms with Crippen LogP contribution in [-0.2, 0) is 4.74 Å². The van der Waals surface area contributed by atoms with Gasteiger partial charge in [-0.15, -0.1) is 6.42 Å². The first kappa shape index (κ1) is 16.3. The molecule has 0 bridgehead atoms. The summed E-state index contributed by atoms with van der Waals surface area (Å²) < 4.78 is 11.0. The summed E-state index contributed by atoms with van der Waals surface area (Å²) in [5, 5.41) is 21.4. The minimum atomic E-state index is -0.996. The molecule has 0 saturated carbocycles. The standard InChI is InChI=1S/C16H19NO5/c1-6-15(2,3)21-12-9-10(7-8-11(12)17(19)20)13(18)14-16(4,5)22-14/h1,7-9,13-14,18H,2-5H3/t13-,14-/m1/s1. The Kier molecular flexibility index (Phi) is 3.90. The van der Waals surface area contributed by atoms with Gasteiger partial charge in [-0.25, -0.2) is 0 Å².